The van der Waals surface area contributed by atoms with Crippen LogP contribution in [0.2, 0.25) is 5.02 Å². The highest BCUT2D eigenvalue weighted by molar-refractivity contribution is 7.99. The summed E-state index contributed by atoms with van der Waals surface area (Å²) in [5.41, 5.74) is 0.842. The smallest absolute Gasteiger partial charge is 0.321 e. The molecular formula is C15H16ClN3O3S. The average molecular weight is 354 g/mol. The fraction of sp³-hybridized carbons (Fsp3) is 0.267. The highest BCUT2D eigenvalue weighted by Gasteiger charge is 2.12. The van der Waals surface area contributed by atoms with Crippen LogP contribution in [0.3, 0.4) is 0 Å². The molecule has 1 aromatic heterocycles. The molecule has 0 saturated heterocycles. The van der Waals surface area contributed by atoms with Crippen molar-refractivity contribution in [2.45, 2.75) is 25.1 Å². The maximum absolute atomic E-state index is 11.6. The van der Waals surface area contributed by atoms with Gasteiger partial charge < -0.3 is 9.73 Å². The van der Waals surface area contributed by atoms with Crippen LogP contribution in [0.25, 0.3) is 11.3 Å². The Morgan fingerprint density at radius 3 is 2.65 bits per heavy atom. The molecule has 0 unspecified atom stereocenters. The number of hydrogen-bond donors (Lipinski definition) is 2. The summed E-state index contributed by atoms with van der Waals surface area (Å²) in [6.45, 7) is 3.62. The van der Waals surface area contributed by atoms with Crippen LogP contribution in [-0.2, 0) is 4.79 Å². The van der Waals surface area contributed by atoms with Gasteiger partial charge in [-0.2, -0.15) is 0 Å². The maximum Gasteiger partial charge on any atom is 0.321 e. The number of urea groups is 1. The van der Waals surface area contributed by atoms with Crippen LogP contribution in [0.15, 0.2) is 40.1 Å². The molecule has 0 saturated carbocycles. The highest BCUT2D eigenvalue weighted by Crippen LogP contribution is 2.26. The number of amides is 3. The molecule has 2 aromatic rings. The van der Waals surface area contributed by atoms with E-state index in [0.717, 1.165) is 17.3 Å². The lowest BCUT2D eigenvalue weighted by Gasteiger charge is -2.08. The number of thioether (sulfide) groups is 1. The molecule has 1 heterocycles. The minimum atomic E-state index is -0.514. The van der Waals surface area contributed by atoms with E-state index >= 15 is 0 Å². The molecule has 0 radical (unpaired) electrons. The Balaban J connectivity index is 1.86. The fourth-order valence-corrected chi connectivity index (χ4v) is 2.39. The SMILES string of the molecule is CC(C)NC(=O)NC(=O)CSc1ncc(-c2ccc(Cl)cc2)o1. The lowest BCUT2D eigenvalue weighted by Crippen LogP contribution is -2.43. The molecule has 122 valence electrons. The minimum Gasteiger partial charge on any atom is -0.431 e. The number of nitrogens with one attached hydrogen (secondary N) is 2. The van der Waals surface area contributed by atoms with Crippen molar-refractivity contribution in [3.05, 3.63) is 35.5 Å². The second-order valence-electron chi connectivity index (χ2n) is 4.96. The number of hydrogen-bond acceptors (Lipinski definition) is 5. The van der Waals surface area contributed by atoms with E-state index in [1.165, 1.54) is 0 Å². The van der Waals surface area contributed by atoms with Gasteiger partial charge in [0.1, 0.15) is 0 Å². The molecule has 3 amide bonds. The first-order valence-corrected chi connectivity index (χ1v) is 8.25. The number of oxazole rings is 1. The Kier molecular flexibility index (Phi) is 6.06. The summed E-state index contributed by atoms with van der Waals surface area (Å²) in [6.07, 6.45) is 1.58. The van der Waals surface area contributed by atoms with Crippen molar-refractivity contribution in [3.63, 3.8) is 0 Å². The zero-order valence-corrected chi connectivity index (χ0v) is 14.2. The summed E-state index contributed by atoms with van der Waals surface area (Å²) in [6, 6.07) is 6.60. The van der Waals surface area contributed by atoms with Gasteiger partial charge in [0.25, 0.3) is 5.22 Å². The Bertz CT molecular complexity index is 686. The number of imide groups is 1. The quantitative estimate of drug-likeness (QED) is 0.805. The minimum absolute atomic E-state index is 0.0338. The van der Waals surface area contributed by atoms with Crippen LogP contribution >= 0.6 is 23.4 Å². The van der Waals surface area contributed by atoms with Crippen LogP contribution in [0.4, 0.5) is 4.79 Å². The fourth-order valence-electron chi connectivity index (χ4n) is 1.66. The summed E-state index contributed by atoms with van der Waals surface area (Å²) < 4.78 is 5.56. The first kappa shape index (κ1) is 17.4. The number of halogens is 1. The highest BCUT2D eigenvalue weighted by atomic mass is 35.5. The Morgan fingerprint density at radius 2 is 2.00 bits per heavy atom. The zero-order valence-electron chi connectivity index (χ0n) is 12.6. The van der Waals surface area contributed by atoms with Crippen LogP contribution in [-0.4, -0.2) is 28.7 Å². The first-order chi connectivity index (χ1) is 10.9. The van der Waals surface area contributed by atoms with Crippen molar-refractivity contribution in [1.82, 2.24) is 15.6 Å². The van der Waals surface area contributed by atoms with E-state index in [9.17, 15) is 9.59 Å². The molecule has 0 fully saturated rings. The molecule has 0 aliphatic heterocycles. The molecule has 0 bridgehead atoms. The van der Waals surface area contributed by atoms with E-state index in [-0.39, 0.29) is 11.8 Å². The van der Waals surface area contributed by atoms with Crippen molar-refractivity contribution >= 4 is 35.3 Å². The van der Waals surface area contributed by atoms with E-state index in [2.05, 4.69) is 15.6 Å². The van der Waals surface area contributed by atoms with E-state index in [0.29, 0.717) is 16.0 Å². The van der Waals surface area contributed by atoms with Gasteiger partial charge in [-0.05, 0) is 38.1 Å². The third-order valence-electron chi connectivity index (χ3n) is 2.61. The van der Waals surface area contributed by atoms with Crippen LogP contribution in [0.1, 0.15) is 13.8 Å². The third kappa shape index (κ3) is 5.61. The Labute approximate surface area is 143 Å². The van der Waals surface area contributed by atoms with Gasteiger partial charge in [-0.1, -0.05) is 23.4 Å². The second-order valence-corrected chi connectivity index (χ2v) is 6.33. The molecule has 23 heavy (non-hydrogen) atoms. The van der Waals surface area contributed by atoms with Gasteiger partial charge >= 0.3 is 6.03 Å². The molecule has 1 aromatic carbocycles. The van der Waals surface area contributed by atoms with E-state index < -0.39 is 11.9 Å². The summed E-state index contributed by atoms with van der Waals surface area (Å²) >= 11 is 6.95. The number of aromatic nitrogens is 1. The van der Waals surface area contributed by atoms with Crippen molar-refractivity contribution in [3.8, 4) is 11.3 Å². The van der Waals surface area contributed by atoms with Crippen molar-refractivity contribution in [1.29, 1.82) is 0 Å². The third-order valence-corrected chi connectivity index (χ3v) is 3.71. The van der Waals surface area contributed by atoms with Gasteiger partial charge in [-0.3, -0.25) is 10.1 Å². The number of carbonyl (C=O) groups excluding carboxylic acids is 2. The average Bonchev–Trinajstić information content (AvgIpc) is 2.94. The first-order valence-electron chi connectivity index (χ1n) is 6.89. The van der Waals surface area contributed by atoms with Gasteiger partial charge in [0.15, 0.2) is 5.76 Å². The molecule has 0 spiro atoms. The summed E-state index contributed by atoms with van der Waals surface area (Å²) in [4.78, 5) is 27.1. The molecule has 0 aliphatic rings. The monoisotopic (exact) mass is 353 g/mol. The summed E-state index contributed by atoms with van der Waals surface area (Å²) in [7, 11) is 0. The maximum atomic E-state index is 11.6. The molecule has 6 nitrogen and oxygen atoms in total. The molecule has 2 rings (SSSR count). The van der Waals surface area contributed by atoms with Gasteiger partial charge in [-0.25, -0.2) is 9.78 Å². The molecule has 8 heteroatoms. The van der Waals surface area contributed by atoms with Crippen molar-refractivity contribution in [2.24, 2.45) is 0 Å². The van der Waals surface area contributed by atoms with E-state index in [1.807, 2.05) is 26.0 Å². The molecule has 2 N–H and O–H groups in total. The summed E-state index contributed by atoms with van der Waals surface area (Å²) in [5.74, 6) is 0.202. The van der Waals surface area contributed by atoms with Gasteiger partial charge in [-0.15, -0.1) is 0 Å². The van der Waals surface area contributed by atoms with Gasteiger partial charge in [0.2, 0.25) is 5.91 Å². The second kappa shape index (κ2) is 8.03. The molecule has 0 atom stereocenters. The number of rotatable bonds is 5. The van der Waals surface area contributed by atoms with Gasteiger partial charge in [0, 0.05) is 16.6 Å². The number of carbonyl (C=O) groups is 2. The molecule has 0 aliphatic carbocycles. The standard InChI is InChI=1S/C15H16ClN3O3S/c1-9(2)18-14(21)19-13(20)8-23-15-17-7-12(22-15)10-3-5-11(16)6-4-10/h3-7,9H,8H2,1-2H3,(H2,18,19,20,21). The number of nitrogens with zero attached hydrogens (tertiary/aromatic N) is 1. The van der Waals surface area contributed by atoms with Crippen molar-refractivity contribution < 1.29 is 14.0 Å². The Hall–Kier alpha value is -1.99. The van der Waals surface area contributed by atoms with Crippen LogP contribution in [0, 0.1) is 0 Å². The van der Waals surface area contributed by atoms with E-state index in [4.69, 9.17) is 16.0 Å². The normalized spacial score (nSPS) is 10.6. The topological polar surface area (TPSA) is 84.2 Å². The number of benzene rings is 1. The lowest BCUT2D eigenvalue weighted by atomic mass is 10.2. The predicted octanol–water partition coefficient (Wildman–Crippen LogP) is 3.32. The van der Waals surface area contributed by atoms with Gasteiger partial charge in [0.05, 0.1) is 11.9 Å². The lowest BCUT2D eigenvalue weighted by molar-refractivity contribution is -0.117. The van der Waals surface area contributed by atoms with Crippen LogP contribution < -0.4 is 10.6 Å². The van der Waals surface area contributed by atoms with Crippen molar-refractivity contribution in [2.75, 3.05) is 5.75 Å². The zero-order chi connectivity index (χ0) is 16.8. The van der Waals surface area contributed by atoms with E-state index in [1.54, 1.807) is 18.3 Å². The molecular weight excluding hydrogens is 338 g/mol. The summed E-state index contributed by atoms with van der Waals surface area (Å²) in [5, 5.41) is 5.80. The largest absolute Gasteiger partial charge is 0.431 e. The predicted molar refractivity (Wildman–Crippen MR) is 89.5 cm³/mol. The Morgan fingerprint density at radius 1 is 1.30 bits per heavy atom. The van der Waals surface area contributed by atoms with Crippen LogP contribution in [0.5, 0.6) is 0 Å².